The van der Waals surface area contributed by atoms with Gasteiger partial charge in [0.05, 0.1) is 7.11 Å². The molecular formula is C15H18N4O2S. The highest BCUT2D eigenvalue weighted by atomic mass is 32.1. The molecule has 22 heavy (non-hydrogen) atoms. The fraction of sp³-hybridized carbons (Fsp3) is 0.400. The van der Waals surface area contributed by atoms with E-state index in [1.54, 1.807) is 7.11 Å². The quantitative estimate of drug-likeness (QED) is 0.670. The number of ether oxygens (including phenoxy) is 2. The van der Waals surface area contributed by atoms with Gasteiger partial charge in [0.2, 0.25) is 4.96 Å². The van der Waals surface area contributed by atoms with Crippen molar-refractivity contribution in [3.8, 4) is 11.5 Å². The van der Waals surface area contributed by atoms with Crippen LogP contribution in [0.3, 0.4) is 0 Å². The van der Waals surface area contributed by atoms with E-state index in [0.717, 1.165) is 35.1 Å². The second kappa shape index (κ2) is 6.74. The summed E-state index contributed by atoms with van der Waals surface area (Å²) in [6, 6.07) is 7.58. The Morgan fingerprint density at radius 3 is 2.77 bits per heavy atom. The first kappa shape index (κ1) is 14.8. The maximum atomic E-state index is 5.80. The Hall–Kier alpha value is -2.15. The summed E-state index contributed by atoms with van der Waals surface area (Å²) in [5.74, 6) is 2.34. The van der Waals surface area contributed by atoms with Crippen molar-refractivity contribution in [3.05, 3.63) is 35.1 Å². The van der Waals surface area contributed by atoms with Crippen LogP contribution in [0, 0.1) is 0 Å². The van der Waals surface area contributed by atoms with Crippen molar-refractivity contribution in [2.45, 2.75) is 32.8 Å². The van der Waals surface area contributed by atoms with Crippen LogP contribution in [-0.2, 0) is 13.0 Å². The maximum absolute atomic E-state index is 5.80. The number of unbranched alkanes of at least 4 members (excludes halogenated alkanes) is 1. The number of hydrogen-bond donors (Lipinski definition) is 0. The van der Waals surface area contributed by atoms with Gasteiger partial charge in [-0.1, -0.05) is 36.8 Å². The van der Waals surface area contributed by atoms with Gasteiger partial charge in [0.1, 0.15) is 6.61 Å². The van der Waals surface area contributed by atoms with E-state index in [2.05, 4.69) is 22.2 Å². The number of rotatable bonds is 7. The van der Waals surface area contributed by atoms with Crippen molar-refractivity contribution in [1.29, 1.82) is 0 Å². The molecule has 0 aliphatic carbocycles. The Kier molecular flexibility index (Phi) is 4.53. The lowest BCUT2D eigenvalue weighted by Crippen LogP contribution is -2.00. The zero-order chi connectivity index (χ0) is 15.4. The zero-order valence-corrected chi connectivity index (χ0v) is 13.5. The fourth-order valence-corrected chi connectivity index (χ4v) is 2.89. The normalized spacial score (nSPS) is 11.0. The van der Waals surface area contributed by atoms with Crippen LogP contribution < -0.4 is 9.47 Å². The number of aromatic nitrogens is 4. The molecule has 3 rings (SSSR count). The van der Waals surface area contributed by atoms with Crippen LogP contribution in [0.5, 0.6) is 11.5 Å². The molecule has 3 aromatic rings. The predicted octanol–water partition coefficient (Wildman–Crippen LogP) is 3.12. The van der Waals surface area contributed by atoms with Gasteiger partial charge in [-0.2, -0.15) is 9.61 Å². The number of benzene rings is 1. The summed E-state index contributed by atoms with van der Waals surface area (Å²) in [5, 5.41) is 13.8. The molecule has 0 unspecified atom stereocenters. The van der Waals surface area contributed by atoms with E-state index in [1.165, 1.54) is 11.3 Å². The molecule has 6 nitrogen and oxygen atoms in total. The summed E-state index contributed by atoms with van der Waals surface area (Å²) in [5.41, 5.74) is 0. The number of methoxy groups -OCH3 is 1. The number of nitrogens with zero attached hydrogens (tertiary/aromatic N) is 4. The standard InChI is InChI=1S/C15H18N4O2S/c1-3-4-9-13-16-17-15-19(13)18-14(22-15)10-21-12-8-6-5-7-11(12)20-2/h5-8H,3-4,9-10H2,1-2H3. The number of para-hydroxylation sites is 2. The van der Waals surface area contributed by atoms with Crippen LogP contribution >= 0.6 is 11.3 Å². The third-order valence-electron chi connectivity index (χ3n) is 3.27. The topological polar surface area (TPSA) is 61.5 Å². The summed E-state index contributed by atoms with van der Waals surface area (Å²) in [4.78, 5) is 0.810. The lowest BCUT2D eigenvalue weighted by atomic mass is 10.2. The molecule has 0 fully saturated rings. The van der Waals surface area contributed by atoms with Gasteiger partial charge in [0.25, 0.3) is 0 Å². The molecule has 0 spiro atoms. The van der Waals surface area contributed by atoms with E-state index in [1.807, 2.05) is 28.8 Å². The average molecular weight is 318 g/mol. The second-order valence-electron chi connectivity index (χ2n) is 4.85. The predicted molar refractivity (Wildman–Crippen MR) is 84.6 cm³/mol. The van der Waals surface area contributed by atoms with Crippen molar-refractivity contribution in [2.24, 2.45) is 0 Å². The van der Waals surface area contributed by atoms with E-state index < -0.39 is 0 Å². The number of hydrogen-bond acceptors (Lipinski definition) is 6. The average Bonchev–Trinajstić information content (AvgIpc) is 3.11. The van der Waals surface area contributed by atoms with E-state index in [4.69, 9.17) is 9.47 Å². The highest BCUT2D eigenvalue weighted by Crippen LogP contribution is 2.27. The third kappa shape index (κ3) is 3.04. The minimum Gasteiger partial charge on any atom is -0.493 e. The molecule has 0 aliphatic rings. The van der Waals surface area contributed by atoms with Crippen molar-refractivity contribution in [1.82, 2.24) is 19.8 Å². The minimum absolute atomic E-state index is 0.390. The fourth-order valence-electron chi connectivity index (χ4n) is 2.12. The highest BCUT2D eigenvalue weighted by molar-refractivity contribution is 7.16. The Balaban J connectivity index is 1.73. The van der Waals surface area contributed by atoms with Crippen molar-refractivity contribution in [3.63, 3.8) is 0 Å². The summed E-state index contributed by atoms with van der Waals surface area (Å²) in [6.07, 6.45) is 3.11. The molecule has 0 amide bonds. The van der Waals surface area contributed by atoms with Crippen LogP contribution in [0.4, 0.5) is 0 Å². The van der Waals surface area contributed by atoms with E-state index in [9.17, 15) is 0 Å². The first-order valence-electron chi connectivity index (χ1n) is 7.27. The Morgan fingerprint density at radius 1 is 1.18 bits per heavy atom. The molecule has 0 bridgehead atoms. The van der Waals surface area contributed by atoms with Crippen molar-refractivity contribution >= 4 is 16.3 Å². The van der Waals surface area contributed by atoms with E-state index in [-0.39, 0.29) is 0 Å². The van der Waals surface area contributed by atoms with Gasteiger partial charge < -0.3 is 9.47 Å². The van der Waals surface area contributed by atoms with Gasteiger partial charge in [-0.25, -0.2) is 0 Å². The Morgan fingerprint density at radius 2 is 2.00 bits per heavy atom. The highest BCUT2D eigenvalue weighted by Gasteiger charge is 2.12. The lowest BCUT2D eigenvalue weighted by molar-refractivity contribution is 0.283. The summed E-state index contributed by atoms with van der Waals surface area (Å²) >= 11 is 1.50. The number of fused-ring (bicyclic) bond motifs is 1. The summed E-state index contributed by atoms with van der Waals surface area (Å²) in [7, 11) is 1.63. The van der Waals surface area contributed by atoms with Crippen LogP contribution in [0.2, 0.25) is 0 Å². The molecule has 0 radical (unpaired) electrons. The minimum atomic E-state index is 0.390. The third-order valence-corrected chi connectivity index (χ3v) is 4.14. The first-order valence-corrected chi connectivity index (χ1v) is 8.09. The van der Waals surface area contributed by atoms with E-state index >= 15 is 0 Å². The Bertz CT molecular complexity index is 753. The number of aryl methyl sites for hydroxylation is 1. The molecule has 0 saturated carbocycles. The van der Waals surface area contributed by atoms with Crippen LogP contribution in [-0.4, -0.2) is 26.9 Å². The molecule has 7 heteroatoms. The van der Waals surface area contributed by atoms with Gasteiger partial charge in [-0.05, 0) is 18.6 Å². The molecule has 2 heterocycles. The van der Waals surface area contributed by atoms with Gasteiger partial charge in [0.15, 0.2) is 22.3 Å². The molecule has 0 N–H and O–H groups in total. The molecule has 1 aromatic carbocycles. The van der Waals surface area contributed by atoms with Crippen molar-refractivity contribution < 1.29 is 9.47 Å². The zero-order valence-electron chi connectivity index (χ0n) is 12.7. The monoisotopic (exact) mass is 318 g/mol. The second-order valence-corrected chi connectivity index (χ2v) is 5.89. The SMILES string of the molecule is CCCCc1nnc2sc(COc3ccccc3OC)nn12. The van der Waals surface area contributed by atoms with Crippen LogP contribution in [0.25, 0.3) is 4.96 Å². The molecule has 0 aliphatic heterocycles. The Labute approximate surface area is 132 Å². The maximum Gasteiger partial charge on any atom is 0.234 e. The van der Waals surface area contributed by atoms with E-state index in [0.29, 0.717) is 18.1 Å². The molecule has 0 atom stereocenters. The first-order chi connectivity index (χ1) is 10.8. The lowest BCUT2D eigenvalue weighted by Gasteiger charge is -2.08. The van der Waals surface area contributed by atoms with Gasteiger partial charge >= 0.3 is 0 Å². The van der Waals surface area contributed by atoms with Gasteiger partial charge in [0, 0.05) is 6.42 Å². The molecule has 0 saturated heterocycles. The molecule has 116 valence electrons. The van der Waals surface area contributed by atoms with Crippen LogP contribution in [0.1, 0.15) is 30.6 Å². The van der Waals surface area contributed by atoms with Gasteiger partial charge in [-0.15, -0.1) is 10.2 Å². The molecular weight excluding hydrogens is 300 g/mol. The summed E-state index contributed by atoms with van der Waals surface area (Å²) in [6.45, 7) is 2.55. The van der Waals surface area contributed by atoms with Crippen LogP contribution in [0.15, 0.2) is 24.3 Å². The largest absolute Gasteiger partial charge is 0.493 e. The van der Waals surface area contributed by atoms with Crippen molar-refractivity contribution in [2.75, 3.05) is 7.11 Å². The molecule has 2 aromatic heterocycles. The van der Waals surface area contributed by atoms with Gasteiger partial charge in [-0.3, -0.25) is 0 Å². The smallest absolute Gasteiger partial charge is 0.234 e. The summed E-state index contributed by atoms with van der Waals surface area (Å²) < 4.78 is 12.9.